The van der Waals surface area contributed by atoms with Crippen LogP contribution in [0.25, 0.3) is 0 Å². The maximum Gasteiger partial charge on any atom is 0.340 e. The van der Waals surface area contributed by atoms with Gasteiger partial charge in [-0.05, 0) is 45.3 Å². The van der Waals surface area contributed by atoms with Crippen LogP contribution >= 0.6 is 7.60 Å². The van der Waals surface area contributed by atoms with E-state index in [1.54, 1.807) is 0 Å². The molecule has 0 aromatic rings. The lowest BCUT2D eigenvalue weighted by Gasteiger charge is -2.21. The number of carboxylic acids is 2. The second-order valence-electron chi connectivity index (χ2n) is 6.07. The highest BCUT2D eigenvalue weighted by Crippen LogP contribution is 2.46. The first-order valence-electron chi connectivity index (χ1n) is 7.96. The molecule has 1 aliphatic heterocycles. The number of likely N-dealkylation sites (tertiary alicyclic amines) is 1. The summed E-state index contributed by atoms with van der Waals surface area (Å²) in [6, 6.07) is 0. The molecule has 0 spiro atoms. The summed E-state index contributed by atoms with van der Waals surface area (Å²) in [4.78, 5) is 42.8. The van der Waals surface area contributed by atoms with Gasteiger partial charge in [-0.15, -0.1) is 0 Å². The molecule has 1 fully saturated rings. The predicted molar refractivity (Wildman–Crippen MR) is 83.4 cm³/mol. The highest BCUT2D eigenvalue weighted by molar-refractivity contribution is 7.53. The summed E-state index contributed by atoms with van der Waals surface area (Å²) >= 11 is 0. The highest BCUT2D eigenvalue weighted by atomic mass is 31.2. The van der Waals surface area contributed by atoms with Crippen molar-refractivity contribution in [3.05, 3.63) is 0 Å². The van der Waals surface area contributed by atoms with Crippen molar-refractivity contribution in [1.29, 1.82) is 0 Å². The van der Waals surface area contributed by atoms with E-state index in [1.165, 1.54) is 12.8 Å². The third kappa shape index (κ3) is 6.99. The molecule has 134 valence electrons. The molecule has 0 radical (unpaired) electrons. The zero-order valence-electron chi connectivity index (χ0n) is 13.1. The van der Waals surface area contributed by atoms with Gasteiger partial charge in [-0.2, -0.15) is 0 Å². The van der Waals surface area contributed by atoms with Gasteiger partial charge in [-0.1, -0.05) is 19.3 Å². The minimum Gasteiger partial charge on any atom is -0.481 e. The maximum absolute atomic E-state index is 11.2. The Balaban J connectivity index is 2.36. The number of unbranched alkanes of at least 4 members (excludes halogenated alkanes) is 3. The number of rotatable bonds is 11. The average Bonchev–Trinajstić information content (AvgIpc) is 2.92. The van der Waals surface area contributed by atoms with E-state index in [1.807, 2.05) is 0 Å². The van der Waals surface area contributed by atoms with E-state index in [4.69, 9.17) is 20.0 Å². The molecule has 0 aromatic heterocycles. The fraction of sp³-hybridized carbons (Fsp3) is 0.857. The van der Waals surface area contributed by atoms with Crippen molar-refractivity contribution in [1.82, 2.24) is 4.90 Å². The standard InChI is InChI=1S/C14H26NO7P/c16-13(17)11(12(14(18)19)23(20,21)22)7-3-1-2-4-8-15-9-5-6-10-15/h11-12H,1-10H2,(H,16,17)(H,18,19)(H2,20,21,22). The summed E-state index contributed by atoms with van der Waals surface area (Å²) in [6.07, 6.45) is 5.50. The van der Waals surface area contributed by atoms with Crippen LogP contribution in [-0.2, 0) is 14.2 Å². The van der Waals surface area contributed by atoms with Gasteiger partial charge in [0.05, 0.1) is 5.92 Å². The van der Waals surface area contributed by atoms with E-state index in [0.717, 1.165) is 38.9 Å². The summed E-state index contributed by atoms with van der Waals surface area (Å²) in [6.45, 7) is 3.27. The van der Waals surface area contributed by atoms with Crippen LogP contribution in [0.15, 0.2) is 0 Å². The quantitative estimate of drug-likeness (QED) is 0.324. The first-order chi connectivity index (χ1) is 10.7. The van der Waals surface area contributed by atoms with Gasteiger partial charge in [-0.3, -0.25) is 14.2 Å². The predicted octanol–water partition coefficient (Wildman–Crippen LogP) is 1.36. The van der Waals surface area contributed by atoms with Crippen LogP contribution in [0.3, 0.4) is 0 Å². The monoisotopic (exact) mass is 351 g/mol. The molecule has 2 atom stereocenters. The SMILES string of the molecule is O=C(O)C(CCCCCCN1CCCC1)C(C(=O)O)P(=O)(O)O. The van der Waals surface area contributed by atoms with E-state index >= 15 is 0 Å². The second-order valence-corrected chi connectivity index (χ2v) is 7.80. The summed E-state index contributed by atoms with van der Waals surface area (Å²) in [5.41, 5.74) is -2.18. The summed E-state index contributed by atoms with van der Waals surface area (Å²) in [7, 11) is -5.00. The Bertz CT molecular complexity index is 444. The third-order valence-electron chi connectivity index (χ3n) is 4.25. The van der Waals surface area contributed by atoms with Crippen LogP contribution in [0.4, 0.5) is 0 Å². The van der Waals surface area contributed by atoms with Gasteiger partial charge < -0.3 is 24.9 Å². The zero-order chi connectivity index (χ0) is 17.5. The molecule has 0 aromatic carbocycles. The molecule has 0 saturated carbocycles. The molecule has 1 rings (SSSR count). The Labute approximate surface area is 135 Å². The van der Waals surface area contributed by atoms with Crippen LogP contribution in [0, 0.1) is 5.92 Å². The highest BCUT2D eigenvalue weighted by Gasteiger charge is 2.45. The van der Waals surface area contributed by atoms with E-state index < -0.39 is 31.1 Å². The van der Waals surface area contributed by atoms with Crippen LogP contribution in [0.2, 0.25) is 0 Å². The third-order valence-corrected chi connectivity index (χ3v) is 5.56. The van der Waals surface area contributed by atoms with Crippen LogP contribution < -0.4 is 0 Å². The average molecular weight is 351 g/mol. The number of carbonyl (C=O) groups is 2. The molecular weight excluding hydrogens is 325 g/mol. The van der Waals surface area contributed by atoms with Crippen molar-refractivity contribution in [2.24, 2.45) is 5.92 Å². The summed E-state index contributed by atoms with van der Waals surface area (Å²) in [5.74, 6) is -4.80. The van der Waals surface area contributed by atoms with Crippen LogP contribution in [-0.4, -0.2) is 62.1 Å². The molecule has 8 nitrogen and oxygen atoms in total. The molecule has 23 heavy (non-hydrogen) atoms. The number of carboxylic acid groups (broad SMARTS) is 2. The molecule has 2 unspecified atom stereocenters. The lowest BCUT2D eigenvalue weighted by molar-refractivity contribution is -0.148. The van der Waals surface area contributed by atoms with Crippen LogP contribution in [0.1, 0.15) is 44.9 Å². The summed E-state index contributed by atoms with van der Waals surface area (Å²) < 4.78 is 11.2. The molecule has 0 aliphatic carbocycles. The van der Waals surface area contributed by atoms with Gasteiger partial charge in [0.25, 0.3) is 0 Å². The van der Waals surface area contributed by atoms with E-state index in [0.29, 0.717) is 6.42 Å². The van der Waals surface area contributed by atoms with Gasteiger partial charge in [-0.25, -0.2) is 0 Å². The Morgan fingerprint density at radius 1 is 0.957 bits per heavy atom. The zero-order valence-corrected chi connectivity index (χ0v) is 14.0. The van der Waals surface area contributed by atoms with Crippen molar-refractivity contribution in [2.75, 3.05) is 19.6 Å². The van der Waals surface area contributed by atoms with Crippen LogP contribution in [0.5, 0.6) is 0 Å². The largest absolute Gasteiger partial charge is 0.481 e. The summed E-state index contributed by atoms with van der Waals surface area (Å²) in [5, 5.41) is 18.0. The topological polar surface area (TPSA) is 135 Å². The lowest BCUT2D eigenvalue weighted by atomic mass is 9.97. The first kappa shape index (κ1) is 20.1. The van der Waals surface area contributed by atoms with Crippen molar-refractivity contribution in [3.63, 3.8) is 0 Å². The molecule has 1 saturated heterocycles. The van der Waals surface area contributed by atoms with Crippen molar-refractivity contribution in [2.45, 2.75) is 50.6 Å². The van der Waals surface area contributed by atoms with Crippen molar-refractivity contribution >= 4 is 19.5 Å². The fourth-order valence-electron chi connectivity index (χ4n) is 3.03. The molecule has 4 N–H and O–H groups in total. The Morgan fingerprint density at radius 2 is 1.52 bits per heavy atom. The number of aliphatic carboxylic acids is 2. The smallest absolute Gasteiger partial charge is 0.340 e. The Hall–Kier alpha value is -0.950. The van der Waals surface area contributed by atoms with E-state index in [9.17, 15) is 14.2 Å². The van der Waals surface area contributed by atoms with Gasteiger partial charge in [0, 0.05) is 0 Å². The van der Waals surface area contributed by atoms with Crippen molar-refractivity contribution in [3.8, 4) is 0 Å². The normalized spacial score (nSPS) is 18.7. The minimum absolute atomic E-state index is 0.0406. The van der Waals surface area contributed by atoms with Gasteiger partial charge in [0.2, 0.25) is 0 Å². The molecular formula is C14H26NO7P. The lowest BCUT2D eigenvalue weighted by Crippen LogP contribution is -2.35. The van der Waals surface area contributed by atoms with E-state index in [2.05, 4.69) is 4.90 Å². The number of hydrogen-bond donors (Lipinski definition) is 4. The molecule has 0 amide bonds. The Morgan fingerprint density at radius 3 is 2.00 bits per heavy atom. The van der Waals surface area contributed by atoms with E-state index in [-0.39, 0.29) is 6.42 Å². The molecule has 9 heteroatoms. The minimum atomic E-state index is -5.00. The maximum atomic E-state index is 11.2. The van der Waals surface area contributed by atoms with Gasteiger partial charge in [0.15, 0.2) is 5.66 Å². The van der Waals surface area contributed by atoms with Crippen molar-refractivity contribution < 1.29 is 34.2 Å². The molecule has 1 heterocycles. The molecule has 0 bridgehead atoms. The van der Waals surface area contributed by atoms with Gasteiger partial charge in [0.1, 0.15) is 0 Å². The fourth-order valence-corrected chi connectivity index (χ4v) is 4.06. The number of hydrogen-bond acceptors (Lipinski definition) is 4. The molecule has 1 aliphatic rings. The second kappa shape index (κ2) is 9.37. The Kier molecular flexibility index (Phi) is 8.19. The number of nitrogens with zero attached hydrogens (tertiary/aromatic N) is 1. The van der Waals surface area contributed by atoms with Gasteiger partial charge >= 0.3 is 19.5 Å². The first-order valence-corrected chi connectivity index (χ1v) is 9.65.